The molecule has 0 aliphatic heterocycles. The summed E-state index contributed by atoms with van der Waals surface area (Å²) in [5.41, 5.74) is 1.27. The predicted octanol–water partition coefficient (Wildman–Crippen LogP) is 2.99. The van der Waals surface area contributed by atoms with E-state index >= 15 is 0 Å². The van der Waals surface area contributed by atoms with Gasteiger partial charge in [0.2, 0.25) is 0 Å². The summed E-state index contributed by atoms with van der Waals surface area (Å²) in [6.45, 7) is 4.13. The standard InChI is InChI=1S/C19H20N4O4S/c1-5-20-18(24)15-9-12-17(21-10(2)22-19(12)28-15)16(23-25)11-6-7-13(26-3)14(8-11)27-4/h6-9,25H,5H2,1-4H3,(H,20,24)/b23-16-. The maximum Gasteiger partial charge on any atom is 0.261 e. The first kappa shape index (κ1) is 19.6. The Bertz CT molecular complexity index is 1060. The highest BCUT2D eigenvalue weighted by Crippen LogP contribution is 2.31. The molecule has 146 valence electrons. The van der Waals surface area contributed by atoms with Gasteiger partial charge in [-0.3, -0.25) is 4.79 Å². The quantitative estimate of drug-likeness (QED) is 0.374. The van der Waals surface area contributed by atoms with Gasteiger partial charge in [-0.1, -0.05) is 5.16 Å². The van der Waals surface area contributed by atoms with Gasteiger partial charge in [0.15, 0.2) is 11.5 Å². The van der Waals surface area contributed by atoms with Crippen LogP contribution >= 0.6 is 11.3 Å². The zero-order chi connectivity index (χ0) is 20.3. The molecule has 0 saturated carbocycles. The number of benzene rings is 1. The van der Waals surface area contributed by atoms with Crippen molar-refractivity contribution in [2.24, 2.45) is 5.16 Å². The van der Waals surface area contributed by atoms with Gasteiger partial charge in [-0.2, -0.15) is 0 Å². The minimum Gasteiger partial charge on any atom is -0.493 e. The summed E-state index contributed by atoms with van der Waals surface area (Å²) in [5.74, 6) is 1.38. The highest BCUT2D eigenvalue weighted by Gasteiger charge is 2.20. The second-order valence-electron chi connectivity index (χ2n) is 5.83. The van der Waals surface area contributed by atoms with Gasteiger partial charge in [0.1, 0.15) is 22.1 Å². The van der Waals surface area contributed by atoms with Gasteiger partial charge in [-0.15, -0.1) is 11.3 Å². The molecule has 9 heteroatoms. The molecule has 2 heterocycles. The maximum absolute atomic E-state index is 12.2. The summed E-state index contributed by atoms with van der Waals surface area (Å²) >= 11 is 1.27. The summed E-state index contributed by atoms with van der Waals surface area (Å²) < 4.78 is 10.6. The summed E-state index contributed by atoms with van der Waals surface area (Å²) in [5, 5.41) is 16.6. The molecular formula is C19H20N4O4S. The molecule has 0 bridgehead atoms. The van der Waals surface area contributed by atoms with E-state index < -0.39 is 0 Å². The predicted molar refractivity (Wildman–Crippen MR) is 107 cm³/mol. The molecule has 0 atom stereocenters. The minimum absolute atomic E-state index is 0.178. The van der Waals surface area contributed by atoms with Crippen LogP contribution in [-0.2, 0) is 0 Å². The number of hydrogen-bond acceptors (Lipinski definition) is 8. The third-order valence-electron chi connectivity index (χ3n) is 4.05. The monoisotopic (exact) mass is 400 g/mol. The molecule has 0 aliphatic rings. The van der Waals surface area contributed by atoms with E-state index in [9.17, 15) is 10.0 Å². The zero-order valence-electron chi connectivity index (χ0n) is 15.9. The first-order chi connectivity index (χ1) is 13.5. The lowest BCUT2D eigenvalue weighted by Crippen LogP contribution is -2.21. The van der Waals surface area contributed by atoms with Gasteiger partial charge < -0.3 is 20.0 Å². The van der Waals surface area contributed by atoms with Crippen LogP contribution < -0.4 is 14.8 Å². The zero-order valence-corrected chi connectivity index (χ0v) is 16.8. The number of aryl methyl sites for hydroxylation is 1. The van der Waals surface area contributed by atoms with Crippen LogP contribution in [0.15, 0.2) is 29.4 Å². The Labute approximate surface area is 165 Å². The van der Waals surface area contributed by atoms with E-state index in [4.69, 9.17) is 9.47 Å². The van der Waals surface area contributed by atoms with Crippen molar-refractivity contribution in [1.29, 1.82) is 0 Å². The summed E-state index contributed by atoms with van der Waals surface area (Å²) in [6, 6.07) is 6.88. The normalized spacial score (nSPS) is 11.5. The molecule has 0 fully saturated rings. The van der Waals surface area contributed by atoms with E-state index in [1.54, 1.807) is 38.3 Å². The number of nitrogens with one attached hydrogen (secondary N) is 1. The van der Waals surface area contributed by atoms with E-state index in [1.807, 2.05) is 6.92 Å². The number of carbonyl (C=O) groups excluding carboxylic acids is 1. The summed E-state index contributed by atoms with van der Waals surface area (Å²) in [6.07, 6.45) is 0. The van der Waals surface area contributed by atoms with E-state index in [0.29, 0.717) is 50.2 Å². The topological polar surface area (TPSA) is 106 Å². The van der Waals surface area contributed by atoms with Crippen molar-refractivity contribution in [3.8, 4) is 11.5 Å². The summed E-state index contributed by atoms with van der Waals surface area (Å²) in [7, 11) is 3.08. The number of rotatable bonds is 6. The lowest BCUT2D eigenvalue weighted by Gasteiger charge is -2.11. The van der Waals surface area contributed by atoms with Crippen molar-refractivity contribution in [3.63, 3.8) is 0 Å². The van der Waals surface area contributed by atoms with Crippen LogP contribution in [0.5, 0.6) is 11.5 Å². The van der Waals surface area contributed by atoms with Crippen LogP contribution in [0.4, 0.5) is 0 Å². The number of carbonyl (C=O) groups is 1. The molecule has 2 N–H and O–H groups in total. The number of nitrogens with zero attached hydrogens (tertiary/aromatic N) is 3. The second kappa shape index (κ2) is 8.22. The third-order valence-corrected chi connectivity index (χ3v) is 5.07. The Kier molecular flexibility index (Phi) is 5.74. The van der Waals surface area contributed by atoms with Crippen LogP contribution in [-0.4, -0.2) is 47.6 Å². The maximum atomic E-state index is 12.2. The molecule has 8 nitrogen and oxygen atoms in total. The van der Waals surface area contributed by atoms with Crippen LogP contribution in [0.2, 0.25) is 0 Å². The van der Waals surface area contributed by atoms with Gasteiger partial charge in [-0.25, -0.2) is 9.97 Å². The van der Waals surface area contributed by atoms with E-state index in [-0.39, 0.29) is 11.6 Å². The number of methoxy groups -OCH3 is 2. The molecular weight excluding hydrogens is 380 g/mol. The molecule has 1 amide bonds. The Balaban J connectivity index is 2.16. The van der Waals surface area contributed by atoms with Crippen molar-refractivity contribution < 1.29 is 19.5 Å². The fourth-order valence-corrected chi connectivity index (χ4v) is 3.79. The van der Waals surface area contributed by atoms with Crippen molar-refractivity contribution in [1.82, 2.24) is 15.3 Å². The number of aromatic nitrogens is 2. The van der Waals surface area contributed by atoms with Crippen LogP contribution in [0.1, 0.15) is 33.7 Å². The summed E-state index contributed by atoms with van der Waals surface area (Å²) in [4.78, 5) is 22.3. The Morgan fingerprint density at radius 1 is 1.21 bits per heavy atom. The van der Waals surface area contributed by atoms with Gasteiger partial charge in [0, 0.05) is 17.5 Å². The number of ether oxygens (including phenoxy) is 2. The van der Waals surface area contributed by atoms with E-state index in [1.165, 1.54) is 18.4 Å². The highest BCUT2D eigenvalue weighted by molar-refractivity contribution is 7.20. The first-order valence-electron chi connectivity index (χ1n) is 8.53. The van der Waals surface area contributed by atoms with E-state index in [0.717, 1.165) is 0 Å². The molecule has 0 radical (unpaired) electrons. The number of oxime groups is 1. The third kappa shape index (κ3) is 3.61. The van der Waals surface area contributed by atoms with Gasteiger partial charge in [0.05, 0.1) is 19.1 Å². The Morgan fingerprint density at radius 3 is 2.61 bits per heavy atom. The van der Waals surface area contributed by atoms with Gasteiger partial charge in [0.25, 0.3) is 5.91 Å². The van der Waals surface area contributed by atoms with Crippen LogP contribution in [0.3, 0.4) is 0 Å². The first-order valence-corrected chi connectivity index (χ1v) is 9.35. The molecule has 28 heavy (non-hydrogen) atoms. The van der Waals surface area contributed by atoms with E-state index in [2.05, 4.69) is 20.4 Å². The van der Waals surface area contributed by atoms with Gasteiger partial charge >= 0.3 is 0 Å². The number of thiophene rings is 1. The van der Waals surface area contributed by atoms with Crippen LogP contribution in [0.25, 0.3) is 10.2 Å². The molecule has 0 unspecified atom stereocenters. The smallest absolute Gasteiger partial charge is 0.261 e. The Morgan fingerprint density at radius 2 is 1.96 bits per heavy atom. The largest absolute Gasteiger partial charge is 0.493 e. The SMILES string of the molecule is CCNC(=O)c1cc2c(/C(=N\O)c3ccc(OC)c(OC)c3)nc(C)nc2s1. The van der Waals surface area contributed by atoms with Crippen molar-refractivity contribution >= 4 is 33.2 Å². The number of hydrogen-bond donors (Lipinski definition) is 2. The lowest BCUT2D eigenvalue weighted by atomic mass is 10.0. The highest BCUT2D eigenvalue weighted by atomic mass is 32.1. The average molecular weight is 400 g/mol. The van der Waals surface area contributed by atoms with Crippen molar-refractivity contribution in [3.05, 3.63) is 46.2 Å². The fraction of sp³-hybridized carbons (Fsp3) is 0.263. The van der Waals surface area contributed by atoms with Crippen molar-refractivity contribution in [2.75, 3.05) is 20.8 Å². The van der Waals surface area contributed by atoms with Gasteiger partial charge in [-0.05, 0) is 38.1 Å². The number of fused-ring (bicyclic) bond motifs is 1. The molecule has 1 aromatic carbocycles. The molecule has 2 aromatic heterocycles. The lowest BCUT2D eigenvalue weighted by molar-refractivity contribution is 0.0960. The molecule has 3 rings (SSSR count). The Hall–Kier alpha value is -3.20. The number of amides is 1. The van der Waals surface area contributed by atoms with Crippen LogP contribution in [0, 0.1) is 6.92 Å². The second-order valence-corrected chi connectivity index (χ2v) is 6.86. The molecule has 0 aliphatic carbocycles. The molecule has 0 spiro atoms. The fourth-order valence-electron chi connectivity index (χ4n) is 2.79. The molecule has 0 saturated heterocycles. The average Bonchev–Trinajstić information content (AvgIpc) is 3.12. The molecule has 3 aromatic rings. The van der Waals surface area contributed by atoms with Crippen molar-refractivity contribution in [2.45, 2.75) is 13.8 Å². The minimum atomic E-state index is -0.178.